The number of aromatic nitrogens is 2. The van der Waals surface area contributed by atoms with E-state index in [4.69, 9.17) is 11.6 Å². The summed E-state index contributed by atoms with van der Waals surface area (Å²) >= 11 is 6.22. The third-order valence-electron chi connectivity index (χ3n) is 6.72. The average Bonchev–Trinajstić information content (AvgIpc) is 3.03. The zero-order valence-corrected chi connectivity index (χ0v) is 17.1. The van der Waals surface area contributed by atoms with Gasteiger partial charge in [0.2, 0.25) is 0 Å². The highest BCUT2D eigenvalue weighted by atomic mass is 35.5. The minimum atomic E-state index is -3.51. The number of hydrogen-bond acceptors (Lipinski definition) is 4. The molecular formula is C19H25ClN4O3S. The van der Waals surface area contributed by atoms with Crippen molar-refractivity contribution in [2.24, 2.45) is 11.8 Å². The zero-order valence-electron chi connectivity index (χ0n) is 15.5. The smallest absolute Gasteiger partial charge is 0.277 e. The molecule has 28 heavy (non-hydrogen) atoms. The molecule has 0 bridgehead atoms. The number of nitrogens with zero attached hydrogens (tertiary/aromatic N) is 1. The van der Waals surface area contributed by atoms with Gasteiger partial charge in [0.25, 0.3) is 10.2 Å². The molecule has 4 N–H and O–H groups in total. The van der Waals surface area contributed by atoms with Crippen LogP contribution in [0.4, 0.5) is 0 Å². The summed E-state index contributed by atoms with van der Waals surface area (Å²) < 4.78 is 30.6. The number of nitrogens with one attached hydrogen (secondary N) is 3. The molecule has 9 heteroatoms. The van der Waals surface area contributed by atoms with Crippen molar-refractivity contribution in [3.8, 4) is 0 Å². The molecule has 7 nitrogen and oxygen atoms in total. The lowest BCUT2D eigenvalue weighted by Crippen LogP contribution is -2.45. The monoisotopic (exact) mass is 424 g/mol. The molecule has 3 saturated carbocycles. The second kappa shape index (κ2) is 6.67. The van der Waals surface area contributed by atoms with Crippen molar-refractivity contribution in [1.82, 2.24) is 19.6 Å². The summed E-state index contributed by atoms with van der Waals surface area (Å²) in [6.45, 7) is 0. The van der Waals surface area contributed by atoms with Gasteiger partial charge in [0, 0.05) is 22.5 Å². The van der Waals surface area contributed by atoms with Crippen LogP contribution in [0.3, 0.4) is 0 Å². The largest absolute Gasteiger partial charge is 0.385 e. The standard InChI is InChI=1S/C19H25ClN4O3S/c20-11-6-16(15-10-21-22-17(15)7-11)19(25)8-13-14(9-19)18(13)24-28(26,27)23-12-4-2-1-3-5-12/h6-7,10,12-14,18,23-25H,1-5,8-9H2,(H,21,22)/t13-,14+,18?,19?. The van der Waals surface area contributed by atoms with Crippen molar-refractivity contribution >= 4 is 32.7 Å². The molecule has 1 heterocycles. The van der Waals surface area contributed by atoms with Gasteiger partial charge in [-0.1, -0.05) is 30.9 Å². The van der Waals surface area contributed by atoms with Crippen LogP contribution in [0, 0.1) is 11.8 Å². The van der Waals surface area contributed by atoms with E-state index in [9.17, 15) is 13.5 Å². The van der Waals surface area contributed by atoms with Gasteiger partial charge in [-0.3, -0.25) is 5.10 Å². The van der Waals surface area contributed by atoms with E-state index in [0.29, 0.717) is 17.9 Å². The lowest BCUT2D eigenvalue weighted by atomic mass is 9.86. The maximum Gasteiger partial charge on any atom is 0.277 e. The maximum atomic E-state index is 12.5. The first kappa shape index (κ1) is 18.8. The van der Waals surface area contributed by atoms with Crippen molar-refractivity contribution in [2.45, 2.75) is 62.6 Å². The van der Waals surface area contributed by atoms with Gasteiger partial charge in [0.15, 0.2) is 0 Å². The van der Waals surface area contributed by atoms with Crippen LogP contribution in [0.15, 0.2) is 18.3 Å². The summed E-state index contributed by atoms with van der Waals surface area (Å²) in [6, 6.07) is 3.54. The fourth-order valence-electron chi connectivity index (χ4n) is 5.31. The van der Waals surface area contributed by atoms with Crippen LogP contribution in [-0.2, 0) is 15.8 Å². The molecule has 5 rings (SSSR count). The van der Waals surface area contributed by atoms with Gasteiger partial charge in [0.1, 0.15) is 0 Å². The van der Waals surface area contributed by atoms with E-state index in [0.717, 1.165) is 42.1 Å². The van der Waals surface area contributed by atoms with Crippen molar-refractivity contribution in [1.29, 1.82) is 0 Å². The Bertz CT molecular complexity index is 990. The fourth-order valence-corrected chi connectivity index (χ4v) is 6.98. The van der Waals surface area contributed by atoms with E-state index in [1.165, 1.54) is 6.42 Å². The van der Waals surface area contributed by atoms with Crippen LogP contribution >= 0.6 is 11.6 Å². The summed E-state index contributed by atoms with van der Waals surface area (Å²) in [5, 5.41) is 19.7. The maximum absolute atomic E-state index is 12.5. The second-order valence-corrected chi connectivity index (χ2v) is 10.6. The molecule has 2 unspecified atom stereocenters. The molecule has 4 atom stereocenters. The zero-order chi connectivity index (χ0) is 19.5. The Hall–Kier alpha value is -1.19. The second-order valence-electron chi connectivity index (χ2n) is 8.65. The number of fused-ring (bicyclic) bond motifs is 2. The van der Waals surface area contributed by atoms with Crippen LogP contribution < -0.4 is 9.44 Å². The van der Waals surface area contributed by atoms with Gasteiger partial charge in [0.05, 0.1) is 17.3 Å². The minimum Gasteiger partial charge on any atom is -0.385 e. The quantitative estimate of drug-likeness (QED) is 0.591. The minimum absolute atomic E-state index is 0.0441. The molecule has 0 aliphatic heterocycles. The topological polar surface area (TPSA) is 107 Å². The molecule has 3 fully saturated rings. The molecule has 3 aliphatic rings. The van der Waals surface area contributed by atoms with Crippen molar-refractivity contribution in [3.63, 3.8) is 0 Å². The Morgan fingerprint density at radius 1 is 1.14 bits per heavy atom. The van der Waals surface area contributed by atoms with E-state index in [2.05, 4.69) is 19.6 Å². The van der Waals surface area contributed by atoms with Crippen LogP contribution in [0.1, 0.15) is 50.5 Å². The highest BCUT2D eigenvalue weighted by Gasteiger charge is 2.62. The summed E-state index contributed by atoms with van der Waals surface area (Å²) in [4.78, 5) is 0. The number of halogens is 1. The first-order chi connectivity index (χ1) is 13.3. The van der Waals surface area contributed by atoms with Crippen LogP contribution in [0.5, 0.6) is 0 Å². The molecule has 0 spiro atoms. The molecular weight excluding hydrogens is 400 g/mol. The summed E-state index contributed by atoms with van der Waals surface area (Å²) in [5.41, 5.74) is 0.574. The average molecular weight is 425 g/mol. The summed E-state index contributed by atoms with van der Waals surface area (Å²) in [5.74, 6) is 0.294. The highest BCUT2D eigenvalue weighted by molar-refractivity contribution is 7.87. The lowest BCUT2D eigenvalue weighted by Gasteiger charge is -2.28. The van der Waals surface area contributed by atoms with E-state index in [-0.39, 0.29) is 23.9 Å². The van der Waals surface area contributed by atoms with Gasteiger partial charge in [-0.05, 0) is 55.2 Å². The highest BCUT2D eigenvalue weighted by Crippen LogP contribution is 2.60. The van der Waals surface area contributed by atoms with Gasteiger partial charge in [-0.2, -0.15) is 23.0 Å². The van der Waals surface area contributed by atoms with Gasteiger partial charge in [-0.15, -0.1) is 0 Å². The molecule has 0 amide bonds. The Morgan fingerprint density at radius 3 is 2.57 bits per heavy atom. The number of hydrogen-bond donors (Lipinski definition) is 4. The van der Waals surface area contributed by atoms with E-state index >= 15 is 0 Å². The van der Waals surface area contributed by atoms with Crippen molar-refractivity contribution in [2.75, 3.05) is 0 Å². The van der Waals surface area contributed by atoms with Crippen molar-refractivity contribution < 1.29 is 13.5 Å². The normalized spacial score (nSPS) is 33.3. The Kier molecular flexibility index (Phi) is 4.48. The predicted octanol–water partition coefficient (Wildman–Crippen LogP) is 2.57. The number of aliphatic hydroxyl groups is 1. The number of rotatable bonds is 5. The molecule has 152 valence electrons. The van der Waals surface area contributed by atoms with Crippen LogP contribution in [0.25, 0.3) is 10.9 Å². The molecule has 1 aromatic carbocycles. The Morgan fingerprint density at radius 2 is 1.86 bits per heavy atom. The third-order valence-corrected chi connectivity index (χ3v) is 8.17. The first-order valence-electron chi connectivity index (χ1n) is 10.00. The van der Waals surface area contributed by atoms with Gasteiger partial charge < -0.3 is 5.11 Å². The molecule has 2 aromatic rings. The van der Waals surface area contributed by atoms with Gasteiger partial charge >= 0.3 is 0 Å². The van der Waals surface area contributed by atoms with Gasteiger partial charge in [-0.25, -0.2) is 0 Å². The van der Waals surface area contributed by atoms with E-state index < -0.39 is 15.8 Å². The van der Waals surface area contributed by atoms with E-state index in [1.807, 2.05) is 0 Å². The number of H-pyrrole nitrogens is 1. The molecule has 0 saturated heterocycles. The van der Waals surface area contributed by atoms with Crippen LogP contribution in [0.2, 0.25) is 5.02 Å². The molecule has 0 radical (unpaired) electrons. The summed E-state index contributed by atoms with van der Waals surface area (Å²) in [6.07, 6.45) is 7.92. The van der Waals surface area contributed by atoms with E-state index in [1.54, 1.807) is 18.3 Å². The first-order valence-corrected chi connectivity index (χ1v) is 11.9. The lowest BCUT2D eigenvalue weighted by molar-refractivity contribution is 0.0303. The third kappa shape index (κ3) is 3.35. The SMILES string of the molecule is O=S(=O)(NC1CCCCC1)NC1[C@H]2CC(O)(c3cc(Cl)cc4[nH]ncc34)C[C@@H]12. The molecule has 1 aromatic heterocycles. The number of benzene rings is 1. The predicted molar refractivity (Wildman–Crippen MR) is 107 cm³/mol. The summed E-state index contributed by atoms with van der Waals surface area (Å²) in [7, 11) is -3.51. The Labute approximate surface area is 169 Å². The Balaban J connectivity index is 1.27. The van der Waals surface area contributed by atoms with Crippen molar-refractivity contribution in [3.05, 3.63) is 28.9 Å². The number of aromatic amines is 1. The van der Waals surface area contributed by atoms with Crippen LogP contribution in [-0.4, -0.2) is 35.8 Å². The molecule has 3 aliphatic carbocycles. The fraction of sp³-hybridized carbons (Fsp3) is 0.632.